The third-order valence-corrected chi connectivity index (χ3v) is 6.25. The Morgan fingerprint density at radius 3 is 2.38 bits per heavy atom. The fourth-order valence-corrected chi connectivity index (χ4v) is 4.60. The van der Waals surface area contributed by atoms with Crippen molar-refractivity contribution in [3.05, 3.63) is 126 Å². The molecule has 4 aromatic rings. The van der Waals surface area contributed by atoms with Crippen molar-refractivity contribution in [3.63, 3.8) is 0 Å². The molecular weight excluding hydrogens is 492 g/mol. The van der Waals surface area contributed by atoms with Gasteiger partial charge in [0.25, 0.3) is 11.7 Å². The summed E-state index contributed by atoms with van der Waals surface area (Å²) in [6, 6.07) is 26.2. The van der Waals surface area contributed by atoms with Gasteiger partial charge in [-0.05, 0) is 67.4 Å². The minimum Gasteiger partial charge on any atom is -0.507 e. The van der Waals surface area contributed by atoms with Crippen molar-refractivity contribution in [1.82, 2.24) is 9.88 Å². The summed E-state index contributed by atoms with van der Waals surface area (Å²) >= 11 is 0. The van der Waals surface area contributed by atoms with Crippen LogP contribution >= 0.6 is 0 Å². The lowest BCUT2D eigenvalue weighted by Gasteiger charge is -2.25. The Kier molecular flexibility index (Phi) is 7.41. The van der Waals surface area contributed by atoms with Crippen LogP contribution in [0.3, 0.4) is 0 Å². The van der Waals surface area contributed by atoms with E-state index in [0.717, 1.165) is 5.56 Å². The zero-order chi connectivity index (χ0) is 27.4. The average molecular weight is 521 g/mol. The number of carbonyl (C=O) groups excluding carboxylic acids is 2. The Balaban J connectivity index is 1.61. The fraction of sp³-hybridized carbons (Fsp3) is 0.156. The smallest absolute Gasteiger partial charge is 0.295 e. The lowest BCUT2D eigenvalue weighted by molar-refractivity contribution is -0.140. The molecule has 196 valence electrons. The zero-order valence-corrected chi connectivity index (χ0v) is 21.7. The van der Waals surface area contributed by atoms with E-state index in [2.05, 4.69) is 4.98 Å². The summed E-state index contributed by atoms with van der Waals surface area (Å²) in [5.41, 5.74) is 1.77. The number of ketones is 1. The van der Waals surface area contributed by atoms with Crippen molar-refractivity contribution >= 4 is 17.4 Å². The molecule has 3 aromatic carbocycles. The van der Waals surface area contributed by atoms with Crippen LogP contribution in [-0.4, -0.2) is 32.8 Å². The predicted octanol–water partition coefficient (Wildman–Crippen LogP) is 6.28. The number of aliphatic hydroxyl groups is 1. The number of ether oxygens (including phenoxy) is 2. The van der Waals surface area contributed by atoms with Crippen molar-refractivity contribution in [3.8, 4) is 17.2 Å². The zero-order valence-electron chi connectivity index (χ0n) is 21.7. The number of nitrogens with zero attached hydrogens (tertiary/aromatic N) is 2. The van der Waals surface area contributed by atoms with Gasteiger partial charge >= 0.3 is 0 Å². The number of aliphatic hydroxyl groups excluding tert-OH is 1. The number of hydrogen-bond acceptors (Lipinski definition) is 6. The van der Waals surface area contributed by atoms with Gasteiger partial charge in [-0.15, -0.1) is 0 Å². The molecule has 1 unspecified atom stereocenters. The van der Waals surface area contributed by atoms with Crippen molar-refractivity contribution in [1.29, 1.82) is 0 Å². The molecule has 39 heavy (non-hydrogen) atoms. The van der Waals surface area contributed by atoms with Crippen LogP contribution in [0.25, 0.3) is 5.76 Å². The minimum absolute atomic E-state index is 0.00227. The first-order valence-electron chi connectivity index (χ1n) is 12.7. The maximum absolute atomic E-state index is 13.5. The van der Waals surface area contributed by atoms with Crippen LogP contribution < -0.4 is 9.47 Å². The maximum Gasteiger partial charge on any atom is 0.295 e. The van der Waals surface area contributed by atoms with E-state index in [1.165, 1.54) is 4.90 Å². The highest BCUT2D eigenvalue weighted by atomic mass is 16.5. The molecule has 2 heterocycles. The van der Waals surface area contributed by atoms with Crippen LogP contribution in [0.1, 0.15) is 36.6 Å². The first-order valence-corrected chi connectivity index (χ1v) is 12.7. The van der Waals surface area contributed by atoms with Gasteiger partial charge in [0, 0.05) is 24.5 Å². The van der Waals surface area contributed by atoms with E-state index >= 15 is 0 Å². The van der Waals surface area contributed by atoms with E-state index in [-0.39, 0.29) is 24.0 Å². The van der Waals surface area contributed by atoms with E-state index in [4.69, 9.17) is 9.47 Å². The first kappa shape index (κ1) is 25.7. The molecule has 1 fully saturated rings. The first-order chi connectivity index (χ1) is 18.9. The third-order valence-electron chi connectivity index (χ3n) is 6.25. The van der Waals surface area contributed by atoms with Crippen LogP contribution in [0.4, 0.5) is 0 Å². The van der Waals surface area contributed by atoms with E-state index in [1.807, 2.05) is 56.3 Å². The highest BCUT2D eigenvalue weighted by Crippen LogP contribution is 2.41. The molecule has 0 bridgehead atoms. The largest absolute Gasteiger partial charge is 0.507 e. The maximum atomic E-state index is 13.5. The number of carbonyl (C=O) groups is 2. The lowest BCUT2D eigenvalue weighted by Crippen LogP contribution is -2.29. The Labute approximate surface area is 227 Å². The second kappa shape index (κ2) is 11.2. The van der Waals surface area contributed by atoms with Crippen LogP contribution in [-0.2, 0) is 16.1 Å². The average Bonchev–Trinajstić information content (AvgIpc) is 3.19. The quantitative estimate of drug-likeness (QED) is 0.167. The van der Waals surface area contributed by atoms with E-state index in [0.29, 0.717) is 28.4 Å². The predicted molar refractivity (Wildman–Crippen MR) is 147 cm³/mol. The van der Waals surface area contributed by atoms with Crippen molar-refractivity contribution < 1.29 is 24.2 Å². The molecule has 1 aliphatic rings. The Bertz CT molecular complexity index is 1520. The molecule has 0 saturated carbocycles. The lowest BCUT2D eigenvalue weighted by atomic mass is 9.95. The number of aromatic nitrogens is 1. The number of amides is 1. The number of rotatable bonds is 8. The Morgan fingerprint density at radius 2 is 1.64 bits per heavy atom. The van der Waals surface area contributed by atoms with Crippen LogP contribution in [0.15, 0.2) is 109 Å². The molecule has 1 saturated heterocycles. The van der Waals surface area contributed by atoms with Gasteiger partial charge in [-0.1, -0.05) is 48.5 Å². The second-order valence-electron chi connectivity index (χ2n) is 9.47. The number of likely N-dealkylation sites (tertiary alicyclic amines) is 1. The van der Waals surface area contributed by atoms with E-state index < -0.39 is 17.7 Å². The molecule has 1 amide bonds. The van der Waals surface area contributed by atoms with Gasteiger partial charge in [0.05, 0.1) is 17.7 Å². The number of para-hydroxylation sites is 1. The molecule has 1 aliphatic heterocycles. The van der Waals surface area contributed by atoms with Crippen LogP contribution in [0.2, 0.25) is 0 Å². The summed E-state index contributed by atoms with van der Waals surface area (Å²) in [7, 11) is 0. The monoisotopic (exact) mass is 520 g/mol. The number of hydrogen-bond donors (Lipinski definition) is 1. The molecular formula is C32H28N2O5. The summed E-state index contributed by atoms with van der Waals surface area (Å²) < 4.78 is 11.8. The number of benzene rings is 3. The summed E-state index contributed by atoms with van der Waals surface area (Å²) in [5.74, 6) is 0.0170. The molecule has 1 N–H and O–H groups in total. The summed E-state index contributed by atoms with van der Waals surface area (Å²) in [6.45, 7) is 3.95. The van der Waals surface area contributed by atoms with Gasteiger partial charge in [0.2, 0.25) is 0 Å². The molecule has 0 radical (unpaired) electrons. The summed E-state index contributed by atoms with van der Waals surface area (Å²) in [5, 5.41) is 11.5. The highest BCUT2D eigenvalue weighted by molar-refractivity contribution is 6.46. The number of Topliss-reactive ketones (excluding diaryl/α,β-unsaturated/α-hetero) is 1. The highest BCUT2D eigenvalue weighted by Gasteiger charge is 2.46. The van der Waals surface area contributed by atoms with Gasteiger partial charge in [0.15, 0.2) is 0 Å². The van der Waals surface area contributed by atoms with Crippen molar-refractivity contribution in [2.75, 3.05) is 0 Å². The topological polar surface area (TPSA) is 89.0 Å². The van der Waals surface area contributed by atoms with Gasteiger partial charge in [-0.3, -0.25) is 14.6 Å². The fourth-order valence-electron chi connectivity index (χ4n) is 4.60. The normalized spacial score (nSPS) is 16.5. The van der Waals surface area contributed by atoms with E-state index in [1.54, 1.807) is 60.9 Å². The molecule has 5 rings (SSSR count). The van der Waals surface area contributed by atoms with Gasteiger partial charge in [-0.2, -0.15) is 0 Å². The van der Waals surface area contributed by atoms with Gasteiger partial charge < -0.3 is 19.5 Å². The minimum atomic E-state index is -0.848. The molecule has 1 atom stereocenters. The van der Waals surface area contributed by atoms with Crippen molar-refractivity contribution in [2.24, 2.45) is 0 Å². The number of pyridine rings is 1. The van der Waals surface area contributed by atoms with Gasteiger partial charge in [-0.25, -0.2) is 0 Å². The van der Waals surface area contributed by atoms with E-state index in [9.17, 15) is 14.7 Å². The molecule has 0 spiro atoms. The summed E-state index contributed by atoms with van der Waals surface area (Å²) in [6.07, 6.45) is 3.23. The summed E-state index contributed by atoms with van der Waals surface area (Å²) in [4.78, 5) is 32.4. The molecule has 0 aliphatic carbocycles. The Hall–Kier alpha value is -4.91. The van der Waals surface area contributed by atoms with Crippen molar-refractivity contribution in [2.45, 2.75) is 32.5 Å². The molecule has 7 nitrogen and oxygen atoms in total. The Morgan fingerprint density at radius 1 is 0.897 bits per heavy atom. The van der Waals surface area contributed by atoms with Crippen LogP contribution in [0.5, 0.6) is 17.2 Å². The SMILES string of the molecule is CC(C)Oc1cccc(/C(O)=C2/C(=O)C(=O)N(Cc3cccnc3)C2c2cccc(Oc3ccccc3)c2)c1. The third kappa shape index (κ3) is 5.67. The molecule has 7 heteroatoms. The standard InChI is InChI=1S/C32H28N2O5/c1-21(2)38-26-14-7-11-24(18-26)30(35)28-29(34(32(37)31(28)36)20-22-9-8-16-33-19-22)23-10-6-15-27(17-23)39-25-12-4-3-5-13-25/h3-19,21,29,35H,20H2,1-2H3/b30-28-. The second-order valence-corrected chi connectivity index (χ2v) is 9.47. The van der Waals surface area contributed by atoms with Crippen LogP contribution in [0, 0.1) is 0 Å². The van der Waals surface area contributed by atoms with Gasteiger partial charge in [0.1, 0.15) is 23.0 Å². The molecule has 1 aromatic heterocycles.